The molecule has 0 aromatic carbocycles. The smallest absolute Gasteiger partial charge is 0.317 e. The molecule has 0 aliphatic carbocycles. The summed E-state index contributed by atoms with van der Waals surface area (Å²) in [5, 5.41) is 3.56. The largest absolute Gasteiger partial charge is 0.337 e. The predicted octanol–water partition coefficient (Wildman–Crippen LogP) is 1.50. The van der Waals surface area contributed by atoms with Crippen molar-refractivity contribution >= 4 is 29.6 Å². The highest BCUT2D eigenvalue weighted by Crippen LogP contribution is 2.23. The van der Waals surface area contributed by atoms with Crippen molar-refractivity contribution in [3.05, 3.63) is 0 Å². The van der Waals surface area contributed by atoms with Crippen LogP contribution in [0.4, 0.5) is 4.79 Å². The minimum atomic E-state index is 0.0451. The van der Waals surface area contributed by atoms with Crippen LogP contribution in [-0.2, 0) is 0 Å². The van der Waals surface area contributed by atoms with Gasteiger partial charge in [0.15, 0.2) is 0 Å². The van der Waals surface area contributed by atoms with Gasteiger partial charge in [0, 0.05) is 42.6 Å². The van der Waals surface area contributed by atoms with Gasteiger partial charge in [-0.2, -0.15) is 23.5 Å². The van der Waals surface area contributed by atoms with E-state index in [-0.39, 0.29) is 6.03 Å². The first-order chi connectivity index (χ1) is 6.74. The average Bonchev–Trinajstić information content (AvgIpc) is 2.26. The third-order valence-electron chi connectivity index (χ3n) is 2.19. The van der Waals surface area contributed by atoms with Crippen molar-refractivity contribution in [1.29, 1.82) is 0 Å². The Morgan fingerprint density at radius 2 is 2.36 bits per heavy atom. The molecule has 1 fully saturated rings. The Labute approximate surface area is 94.4 Å². The molecule has 3 nitrogen and oxygen atoms in total. The Balaban J connectivity index is 2.15. The van der Waals surface area contributed by atoms with Gasteiger partial charge >= 0.3 is 6.03 Å². The van der Waals surface area contributed by atoms with Crippen LogP contribution in [0.3, 0.4) is 0 Å². The number of nitrogens with one attached hydrogen (secondary N) is 1. The fourth-order valence-corrected chi connectivity index (χ4v) is 3.75. The van der Waals surface area contributed by atoms with E-state index in [0.29, 0.717) is 5.25 Å². The molecule has 82 valence electrons. The van der Waals surface area contributed by atoms with Gasteiger partial charge in [-0.3, -0.25) is 0 Å². The van der Waals surface area contributed by atoms with Gasteiger partial charge in [0.1, 0.15) is 0 Å². The summed E-state index contributed by atoms with van der Waals surface area (Å²) in [5.41, 5.74) is 0. The minimum absolute atomic E-state index is 0.0451. The Kier molecular flexibility index (Phi) is 5.55. The summed E-state index contributed by atoms with van der Waals surface area (Å²) in [7, 11) is 1.82. The first-order valence-electron chi connectivity index (χ1n) is 4.92. The number of rotatable bonds is 3. The van der Waals surface area contributed by atoms with Crippen LogP contribution in [0.1, 0.15) is 6.92 Å². The predicted molar refractivity (Wildman–Crippen MR) is 65.3 cm³/mol. The second kappa shape index (κ2) is 6.45. The summed E-state index contributed by atoms with van der Waals surface area (Å²) in [6.45, 7) is 3.55. The summed E-state index contributed by atoms with van der Waals surface area (Å²) in [6.07, 6.45) is 0. The van der Waals surface area contributed by atoms with Crippen LogP contribution in [0, 0.1) is 0 Å². The van der Waals surface area contributed by atoms with Crippen LogP contribution in [0.5, 0.6) is 0 Å². The van der Waals surface area contributed by atoms with E-state index < -0.39 is 0 Å². The van der Waals surface area contributed by atoms with Gasteiger partial charge in [-0.1, -0.05) is 0 Å². The zero-order valence-corrected chi connectivity index (χ0v) is 10.4. The molecule has 14 heavy (non-hydrogen) atoms. The normalized spacial score (nSPS) is 21.7. The average molecular weight is 234 g/mol. The van der Waals surface area contributed by atoms with Gasteiger partial charge in [-0.05, 0) is 6.92 Å². The maximum Gasteiger partial charge on any atom is 0.317 e. The topological polar surface area (TPSA) is 32.3 Å². The fourth-order valence-electron chi connectivity index (χ4n) is 1.13. The summed E-state index contributed by atoms with van der Waals surface area (Å²) < 4.78 is 0. The van der Waals surface area contributed by atoms with E-state index in [1.54, 1.807) is 4.90 Å². The molecular weight excluding hydrogens is 216 g/mol. The van der Waals surface area contributed by atoms with Crippen LogP contribution in [0.25, 0.3) is 0 Å². The second-order valence-electron chi connectivity index (χ2n) is 3.27. The van der Waals surface area contributed by atoms with E-state index in [2.05, 4.69) is 5.32 Å². The van der Waals surface area contributed by atoms with Crippen LogP contribution in [0.2, 0.25) is 0 Å². The molecule has 1 unspecified atom stereocenters. The summed E-state index contributed by atoms with van der Waals surface area (Å²) in [6, 6.07) is 0.0451. The Morgan fingerprint density at radius 3 is 2.93 bits per heavy atom. The van der Waals surface area contributed by atoms with Gasteiger partial charge in [0.25, 0.3) is 0 Å². The molecule has 1 aliphatic heterocycles. The molecule has 1 heterocycles. The number of carbonyl (C=O) groups excluding carboxylic acids is 1. The molecule has 1 aliphatic rings. The molecule has 2 amide bonds. The molecule has 0 spiro atoms. The van der Waals surface area contributed by atoms with Crippen molar-refractivity contribution in [1.82, 2.24) is 10.2 Å². The molecule has 0 aromatic rings. The molecule has 0 saturated carbocycles. The molecular formula is C9H18N2OS2. The molecule has 1 atom stereocenters. The molecule has 1 rings (SSSR count). The van der Waals surface area contributed by atoms with Crippen molar-refractivity contribution < 1.29 is 4.79 Å². The van der Waals surface area contributed by atoms with Crippen molar-refractivity contribution in [2.45, 2.75) is 12.2 Å². The lowest BCUT2D eigenvalue weighted by atomic mass is 10.4. The van der Waals surface area contributed by atoms with E-state index in [1.165, 1.54) is 17.3 Å². The van der Waals surface area contributed by atoms with E-state index >= 15 is 0 Å². The van der Waals surface area contributed by atoms with Crippen LogP contribution >= 0.6 is 23.5 Å². The van der Waals surface area contributed by atoms with Gasteiger partial charge in [-0.25, -0.2) is 4.79 Å². The number of urea groups is 1. The van der Waals surface area contributed by atoms with Gasteiger partial charge in [-0.15, -0.1) is 0 Å². The highest BCUT2D eigenvalue weighted by atomic mass is 32.2. The zero-order chi connectivity index (χ0) is 10.4. The number of thioether (sulfide) groups is 2. The summed E-state index contributed by atoms with van der Waals surface area (Å²) in [5.74, 6) is 3.64. The lowest BCUT2D eigenvalue weighted by Gasteiger charge is -2.23. The third-order valence-corrected chi connectivity index (χ3v) is 5.03. The van der Waals surface area contributed by atoms with E-state index in [9.17, 15) is 4.79 Å². The number of hydrogen-bond acceptors (Lipinski definition) is 3. The highest BCUT2D eigenvalue weighted by Gasteiger charge is 2.15. The van der Waals surface area contributed by atoms with Crippen LogP contribution < -0.4 is 5.32 Å². The molecule has 0 bridgehead atoms. The monoisotopic (exact) mass is 234 g/mol. The van der Waals surface area contributed by atoms with Crippen molar-refractivity contribution in [3.8, 4) is 0 Å². The second-order valence-corrected chi connectivity index (χ2v) is 5.83. The van der Waals surface area contributed by atoms with Crippen molar-refractivity contribution in [2.24, 2.45) is 0 Å². The first kappa shape index (κ1) is 12.0. The lowest BCUT2D eigenvalue weighted by molar-refractivity contribution is 0.211. The molecule has 0 aromatic heterocycles. The minimum Gasteiger partial charge on any atom is -0.337 e. The standard InChI is InChI=1S/C9H18N2OS2/c1-3-11(2)9(12)10-6-8-7-13-4-5-14-8/h8H,3-7H2,1-2H3,(H,10,12). The number of amides is 2. The molecule has 1 saturated heterocycles. The fraction of sp³-hybridized carbons (Fsp3) is 0.889. The number of carbonyl (C=O) groups is 1. The summed E-state index contributed by atoms with van der Waals surface area (Å²) >= 11 is 3.95. The van der Waals surface area contributed by atoms with E-state index in [4.69, 9.17) is 0 Å². The zero-order valence-electron chi connectivity index (χ0n) is 8.78. The SMILES string of the molecule is CCN(C)C(=O)NCC1CSCCS1. The third kappa shape index (κ3) is 4.00. The Hall–Kier alpha value is -0.0300. The van der Waals surface area contributed by atoms with Crippen molar-refractivity contribution in [3.63, 3.8) is 0 Å². The molecule has 1 N–H and O–H groups in total. The van der Waals surface area contributed by atoms with Gasteiger partial charge in [0.05, 0.1) is 0 Å². The van der Waals surface area contributed by atoms with Crippen molar-refractivity contribution in [2.75, 3.05) is 37.4 Å². The molecule has 0 radical (unpaired) electrons. The van der Waals surface area contributed by atoms with E-state index in [0.717, 1.165) is 13.1 Å². The first-order valence-corrected chi connectivity index (χ1v) is 7.12. The maximum atomic E-state index is 11.4. The van der Waals surface area contributed by atoms with Crippen LogP contribution in [-0.4, -0.2) is 53.6 Å². The maximum absolute atomic E-state index is 11.4. The lowest BCUT2D eigenvalue weighted by Crippen LogP contribution is -2.41. The number of nitrogens with zero attached hydrogens (tertiary/aromatic N) is 1. The van der Waals surface area contributed by atoms with E-state index in [1.807, 2.05) is 37.5 Å². The van der Waals surface area contributed by atoms with Gasteiger partial charge in [0.2, 0.25) is 0 Å². The summed E-state index contributed by atoms with van der Waals surface area (Å²) in [4.78, 5) is 13.1. The van der Waals surface area contributed by atoms with Crippen LogP contribution in [0.15, 0.2) is 0 Å². The van der Waals surface area contributed by atoms with Gasteiger partial charge < -0.3 is 10.2 Å². The highest BCUT2D eigenvalue weighted by molar-refractivity contribution is 8.06. The number of hydrogen-bond donors (Lipinski definition) is 1. The molecule has 5 heteroatoms. The Bertz CT molecular complexity index is 184. The Morgan fingerprint density at radius 1 is 1.57 bits per heavy atom. The quantitative estimate of drug-likeness (QED) is 0.803.